The Bertz CT molecular complexity index is 461. The molecule has 19 heavy (non-hydrogen) atoms. The van der Waals surface area contributed by atoms with Gasteiger partial charge in [-0.15, -0.1) is 12.6 Å². The fourth-order valence-electron chi connectivity index (χ4n) is 2.60. The van der Waals surface area contributed by atoms with Gasteiger partial charge in [-0.05, 0) is 59.3 Å². The molecule has 0 amide bonds. The molecule has 1 fully saturated rings. The summed E-state index contributed by atoms with van der Waals surface area (Å²) >= 11 is 7.65. The van der Waals surface area contributed by atoms with Crippen LogP contribution in [0.3, 0.4) is 0 Å². The molecule has 1 aromatic rings. The first kappa shape index (κ1) is 14.9. The number of halogens is 1. The van der Waals surface area contributed by atoms with Crippen molar-refractivity contribution in [2.45, 2.75) is 50.0 Å². The second-order valence-corrected chi connectivity index (χ2v) is 6.50. The van der Waals surface area contributed by atoms with Gasteiger partial charge in [0, 0.05) is 9.37 Å². The topological polar surface area (TPSA) is 26.3 Å². The van der Waals surface area contributed by atoms with Crippen LogP contribution in [0, 0.1) is 5.92 Å². The number of thiol groups is 1. The van der Waals surface area contributed by atoms with Crippen molar-refractivity contribution >= 4 is 34.5 Å². The average Bonchev–Trinajstić information content (AvgIpc) is 2.41. The van der Waals surface area contributed by atoms with E-state index < -0.39 is 0 Å². The molecular formula is C15H19BrO2S. The first-order chi connectivity index (χ1) is 9.10. The molecule has 2 unspecified atom stereocenters. The molecule has 0 aromatic heterocycles. The number of hydrogen-bond acceptors (Lipinski definition) is 3. The zero-order valence-electron chi connectivity index (χ0n) is 11.1. The van der Waals surface area contributed by atoms with Crippen molar-refractivity contribution in [1.29, 1.82) is 0 Å². The van der Waals surface area contributed by atoms with E-state index in [0.29, 0.717) is 11.5 Å². The van der Waals surface area contributed by atoms with Gasteiger partial charge in [0.15, 0.2) is 0 Å². The largest absolute Gasteiger partial charge is 0.459 e. The standard InChI is InChI=1S/C15H19BrO2S/c1-2-10-4-3-5-11(8-10)18-15(17)13-9-12(19)6-7-14(13)16/h6-7,9-11,19H,2-5,8H2,1H3. The Morgan fingerprint density at radius 3 is 3.00 bits per heavy atom. The van der Waals surface area contributed by atoms with Crippen molar-refractivity contribution in [1.82, 2.24) is 0 Å². The third kappa shape index (κ3) is 3.99. The maximum Gasteiger partial charge on any atom is 0.339 e. The third-order valence-corrected chi connectivity index (χ3v) is 4.73. The lowest BCUT2D eigenvalue weighted by Crippen LogP contribution is -2.25. The van der Waals surface area contributed by atoms with Crippen molar-refractivity contribution in [2.75, 3.05) is 0 Å². The van der Waals surface area contributed by atoms with E-state index in [1.165, 1.54) is 12.8 Å². The summed E-state index contributed by atoms with van der Waals surface area (Å²) in [6, 6.07) is 5.42. The van der Waals surface area contributed by atoms with Gasteiger partial charge in [0.05, 0.1) is 5.56 Å². The van der Waals surface area contributed by atoms with Crippen LogP contribution < -0.4 is 0 Å². The molecule has 0 heterocycles. The van der Waals surface area contributed by atoms with Crippen LogP contribution in [0.15, 0.2) is 27.6 Å². The Hall–Kier alpha value is -0.480. The molecule has 4 heteroatoms. The van der Waals surface area contributed by atoms with Gasteiger partial charge in [-0.3, -0.25) is 0 Å². The normalized spacial score (nSPS) is 23.1. The summed E-state index contributed by atoms with van der Waals surface area (Å²) in [6.07, 6.45) is 5.65. The van der Waals surface area contributed by atoms with Crippen LogP contribution >= 0.6 is 28.6 Å². The van der Waals surface area contributed by atoms with E-state index >= 15 is 0 Å². The van der Waals surface area contributed by atoms with Gasteiger partial charge in [-0.25, -0.2) is 4.79 Å². The molecule has 2 rings (SSSR count). The monoisotopic (exact) mass is 342 g/mol. The second kappa shape index (κ2) is 6.80. The molecular weight excluding hydrogens is 324 g/mol. The predicted molar refractivity (Wildman–Crippen MR) is 82.8 cm³/mol. The number of rotatable bonds is 3. The van der Waals surface area contributed by atoms with E-state index in [1.54, 1.807) is 6.07 Å². The highest BCUT2D eigenvalue weighted by Crippen LogP contribution is 2.30. The van der Waals surface area contributed by atoms with Gasteiger partial charge >= 0.3 is 5.97 Å². The zero-order chi connectivity index (χ0) is 13.8. The molecule has 0 saturated heterocycles. The number of esters is 1. The molecule has 0 radical (unpaired) electrons. The number of ether oxygens (including phenoxy) is 1. The van der Waals surface area contributed by atoms with Gasteiger partial charge in [-0.2, -0.15) is 0 Å². The summed E-state index contributed by atoms with van der Waals surface area (Å²) in [4.78, 5) is 13.0. The number of carbonyl (C=O) groups is 1. The highest BCUT2D eigenvalue weighted by molar-refractivity contribution is 9.10. The summed E-state index contributed by atoms with van der Waals surface area (Å²) in [6.45, 7) is 2.20. The molecule has 0 aliphatic heterocycles. The van der Waals surface area contributed by atoms with E-state index in [0.717, 1.165) is 28.6 Å². The van der Waals surface area contributed by atoms with Crippen LogP contribution in [-0.2, 0) is 4.74 Å². The predicted octanol–water partition coefficient (Wildman–Crippen LogP) is 4.86. The molecule has 1 aromatic carbocycles. The number of hydrogen-bond donors (Lipinski definition) is 1. The summed E-state index contributed by atoms with van der Waals surface area (Å²) in [5, 5.41) is 0. The van der Waals surface area contributed by atoms with Crippen molar-refractivity contribution < 1.29 is 9.53 Å². The lowest BCUT2D eigenvalue weighted by atomic mass is 9.85. The zero-order valence-corrected chi connectivity index (χ0v) is 13.5. The lowest BCUT2D eigenvalue weighted by Gasteiger charge is -2.28. The van der Waals surface area contributed by atoms with Crippen molar-refractivity contribution in [2.24, 2.45) is 5.92 Å². The SMILES string of the molecule is CCC1CCCC(OC(=O)c2cc(S)ccc2Br)C1. The van der Waals surface area contributed by atoms with E-state index in [-0.39, 0.29) is 12.1 Å². The average molecular weight is 343 g/mol. The lowest BCUT2D eigenvalue weighted by molar-refractivity contribution is 0.0138. The molecule has 0 bridgehead atoms. The van der Waals surface area contributed by atoms with Gasteiger partial charge in [0.1, 0.15) is 6.10 Å². The Kier molecular flexibility index (Phi) is 5.34. The highest BCUT2D eigenvalue weighted by atomic mass is 79.9. The fourth-order valence-corrected chi connectivity index (χ4v) is 3.22. The van der Waals surface area contributed by atoms with Crippen LogP contribution in [0.1, 0.15) is 49.4 Å². The van der Waals surface area contributed by atoms with Gasteiger partial charge in [0.2, 0.25) is 0 Å². The van der Waals surface area contributed by atoms with Crippen LogP contribution in [0.2, 0.25) is 0 Å². The first-order valence-corrected chi connectivity index (χ1v) is 8.03. The summed E-state index contributed by atoms with van der Waals surface area (Å²) < 4.78 is 6.40. The maximum absolute atomic E-state index is 12.2. The molecule has 1 aliphatic carbocycles. The third-order valence-electron chi connectivity index (χ3n) is 3.76. The summed E-state index contributed by atoms with van der Waals surface area (Å²) in [5.41, 5.74) is 0.561. The van der Waals surface area contributed by atoms with Gasteiger partial charge < -0.3 is 4.74 Å². The van der Waals surface area contributed by atoms with Crippen molar-refractivity contribution in [3.05, 3.63) is 28.2 Å². The Labute approximate surface area is 128 Å². The molecule has 2 atom stereocenters. The van der Waals surface area contributed by atoms with E-state index in [4.69, 9.17) is 4.74 Å². The number of carbonyl (C=O) groups excluding carboxylic acids is 1. The summed E-state index contributed by atoms with van der Waals surface area (Å²) in [5.74, 6) is 0.454. The minimum absolute atomic E-state index is 0.0710. The molecule has 2 nitrogen and oxygen atoms in total. The first-order valence-electron chi connectivity index (χ1n) is 6.79. The van der Waals surface area contributed by atoms with E-state index in [9.17, 15) is 4.79 Å². The molecule has 0 spiro atoms. The van der Waals surface area contributed by atoms with E-state index in [2.05, 4.69) is 35.5 Å². The fraction of sp³-hybridized carbons (Fsp3) is 0.533. The molecule has 1 saturated carbocycles. The van der Waals surface area contributed by atoms with E-state index in [1.807, 2.05) is 12.1 Å². The van der Waals surface area contributed by atoms with Crippen LogP contribution in [0.5, 0.6) is 0 Å². The van der Waals surface area contributed by atoms with Gasteiger partial charge in [0.25, 0.3) is 0 Å². The van der Waals surface area contributed by atoms with Crippen LogP contribution in [0.4, 0.5) is 0 Å². The Morgan fingerprint density at radius 2 is 2.26 bits per heavy atom. The maximum atomic E-state index is 12.2. The molecule has 1 aliphatic rings. The molecule has 104 valence electrons. The smallest absolute Gasteiger partial charge is 0.339 e. The van der Waals surface area contributed by atoms with Gasteiger partial charge in [-0.1, -0.05) is 19.8 Å². The summed E-state index contributed by atoms with van der Waals surface area (Å²) in [7, 11) is 0. The Morgan fingerprint density at radius 1 is 1.47 bits per heavy atom. The second-order valence-electron chi connectivity index (χ2n) is 5.13. The highest BCUT2D eigenvalue weighted by Gasteiger charge is 2.24. The minimum atomic E-state index is -0.246. The number of benzene rings is 1. The van der Waals surface area contributed by atoms with Crippen LogP contribution in [-0.4, -0.2) is 12.1 Å². The quantitative estimate of drug-likeness (QED) is 0.626. The minimum Gasteiger partial charge on any atom is -0.459 e. The Balaban J connectivity index is 2.02. The van der Waals surface area contributed by atoms with Crippen molar-refractivity contribution in [3.8, 4) is 0 Å². The van der Waals surface area contributed by atoms with Crippen molar-refractivity contribution in [3.63, 3.8) is 0 Å². The van der Waals surface area contributed by atoms with Crippen LogP contribution in [0.25, 0.3) is 0 Å². The molecule has 0 N–H and O–H groups in total.